The number of nitrogens with zero attached hydrogens (tertiary/aromatic N) is 3. The van der Waals surface area contributed by atoms with E-state index in [9.17, 15) is 0 Å². The van der Waals surface area contributed by atoms with E-state index in [4.69, 9.17) is 0 Å². The highest BCUT2D eigenvalue weighted by atomic mass is 15.6. The molecule has 0 atom stereocenters. The van der Waals surface area contributed by atoms with Gasteiger partial charge in [-0.25, -0.2) is 10.4 Å². The molecular formula is C13H25N4+. The SMILES string of the molecule is C/C1=C\N=C2C[N+](C)(C)CCN2NCC1(C)C. The Labute approximate surface area is 105 Å². The van der Waals surface area contributed by atoms with Crippen molar-refractivity contribution in [3.05, 3.63) is 11.8 Å². The van der Waals surface area contributed by atoms with Crippen LogP contribution in [0.3, 0.4) is 0 Å². The van der Waals surface area contributed by atoms with Gasteiger partial charge in [-0.15, -0.1) is 0 Å². The number of likely N-dealkylation sites (N-methyl/N-ethyl adjacent to an activating group) is 1. The highest BCUT2D eigenvalue weighted by Crippen LogP contribution is 2.26. The number of hydrogen-bond acceptors (Lipinski definition) is 3. The van der Waals surface area contributed by atoms with Crippen molar-refractivity contribution < 1.29 is 4.48 Å². The summed E-state index contributed by atoms with van der Waals surface area (Å²) < 4.78 is 1.02. The maximum absolute atomic E-state index is 4.68. The number of aliphatic imine (C=N–C) groups is 1. The first-order chi connectivity index (χ1) is 7.80. The maximum Gasteiger partial charge on any atom is 0.174 e. The summed E-state index contributed by atoms with van der Waals surface area (Å²) in [6.07, 6.45) is 2.05. The van der Waals surface area contributed by atoms with Crippen LogP contribution in [0.25, 0.3) is 0 Å². The van der Waals surface area contributed by atoms with Gasteiger partial charge in [0.05, 0.1) is 27.2 Å². The molecule has 0 aromatic rings. The average Bonchev–Trinajstić information content (AvgIpc) is 2.22. The van der Waals surface area contributed by atoms with Gasteiger partial charge in [-0.05, 0) is 12.5 Å². The molecule has 0 unspecified atom stereocenters. The van der Waals surface area contributed by atoms with Crippen molar-refractivity contribution in [2.24, 2.45) is 10.4 Å². The Hall–Kier alpha value is -0.870. The Morgan fingerprint density at radius 3 is 2.82 bits per heavy atom. The summed E-state index contributed by atoms with van der Waals surface area (Å²) in [5.41, 5.74) is 5.05. The summed E-state index contributed by atoms with van der Waals surface area (Å²) in [7, 11) is 4.53. The van der Waals surface area contributed by atoms with Crippen LogP contribution in [0.2, 0.25) is 0 Å². The summed E-state index contributed by atoms with van der Waals surface area (Å²) in [5.74, 6) is 1.16. The van der Waals surface area contributed by atoms with Gasteiger partial charge >= 0.3 is 0 Å². The van der Waals surface area contributed by atoms with E-state index in [1.807, 2.05) is 0 Å². The van der Waals surface area contributed by atoms with Gasteiger partial charge in [0.1, 0.15) is 6.54 Å². The number of nitrogens with one attached hydrogen (secondary N) is 1. The molecule has 0 aliphatic carbocycles. The first kappa shape index (κ1) is 12.6. The summed E-state index contributed by atoms with van der Waals surface area (Å²) in [6.45, 7) is 10.9. The molecule has 0 amide bonds. The van der Waals surface area contributed by atoms with Crippen LogP contribution in [0.15, 0.2) is 16.8 Å². The summed E-state index contributed by atoms with van der Waals surface area (Å²) in [5, 5.41) is 2.23. The minimum Gasteiger partial charge on any atom is -0.321 e. The molecule has 17 heavy (non-hydrogen) atoms. The topological polar surface area (TPSA) is 27.6 Å². The van der Waals surface area contributed by atoms with Gasteiger partial charge in [0.2, 0.25) is 0 Å². The predicted molar refractivity (Wildman–Crippen MR) is 71.5 cm³/mol. The molecule has 1 fully saturated rings. The number of hydrazine groups is 1. The highest BCUT2D eigenvalue weighted by molar-refractivity contribution is 5.84. The molecular weight excluding hydrogens is 212 g/mol. The van der Waals surface area contributed by atoms with Gasteiger partial charge < -0.3 is 4.48 Å². The first-order valence-corrected chi connectivity index (χ1v) is 6.37. The van der Waals surface area contributed by atoms with Crippen LogP contribution < -0.4 is 5.43 Å². The summed E-state index contributed by atoms with van der Waals surface area (Å²) in [4.78, 5) is 4.68. The van der Waals surface area contributed by atoms with E-state index in [0.29, 0.717) is 0 Å². The molecule has 1 N–H and O–H groups in total. The van der Waals surface area contributed by atoms with Gasteiger partial charge in [0.25, 0.3) is 0 Å². The lowest BCUT2D eigenvalue weighted by Crippen LogP contribution is -2.62. The van der Waals surface area contributed by atoms with Crippen LogP contribution >= 0.6 is 0 Å². The second-order valence-corrected chi connectivity index (χ2v) is 6.55. The Bertz CT molecular complexity index is 366. The summed E-state index contributed by atoms with van der Waals surface area (Å²) >= 11 is 0. The lowest BCUT2D eigenvalue weighted by Gasteiger charge is -2.42. The Morgan fingerprint density at radius 1 is 1.41 bits per heavy atom. The minimum absolute atomic E-state index is 0.177. The normalized spacial score (nSPS) is 30.5. The Balaban J connectivity index is 2.27. The van der Waals surface area contributed by atoms with E-state index in [1.54, 1.807) is 0 Å². The van der Waals surface area contributed by atoms with Crippen molar-refractivity contribution in [1.29, 1.82) is 0 Å². The zero-order valence-corrected chi connectivity index (χ0v) is 11.7. The Kier molecular flexibility index (Phi) is 3.04. The van der Waals surface area contributed by atoms with Crippen molar-refractivity contribution in [2.75, 3.05) is 40.3 Å². The minimum atomic E-state index is 0.177. The highest BCUT2D eigenvalue weighted by Gasteiger charge is 2.32. The number of hydrogen-bond donors (Lipinski definition) is 1. The van der Waals surface area contributed by atoms with Crippen LogP contribution in [0.5, 0.6) is 0 Å². The van der Waals surface area contributed by atoms with Crippen LogP contribution in [-0.4, -0.2) is 55.6 Å². The van der Waals surface area contributed by atoms with Crippen molar-refractivity contribution in [1.82, 2.24) is 10.4 Å². The molecule has 0 spiro atoms. The third kappa shape index (κ3) is 2.69. The van der Waals surface area contributed by atoms with Crippen LogP contribution in [-0.2, 0) is 0 Å². The third-order valence-corrected chi connectivity index (χ3v) is 4.00. The van der Waals surface area contributed by atoms with E-state index in [1.165, 1.54) is 5.57 Å². The quantitative estimate of drug-likeness (QED) is 0.642. The standard InChI is InChI=1S/C13H25N4/c1-11-8-14-12-9-17(4,5)7-6-16(12)15-10-13(11,2)3/h8,15H,6-7,9-10H2,1-5H3/q+1/b11-8+,14-12?. The fraction of sp³-hybridized carbons (Fsp3) is 0.769. The molecule has 2 heterocycles. The zero-order chi connectivity index (χ0) is 12.7. The molecule has 0 saturated carbocycles. The van der Waals surface area contributed by atoms with Gasteiger partial charge in [-0.1, -0.05) is 13.8 Å². The summed E-state index contributed by atoms with van der Waals surface area (Å²) in [6, 6.07) is 0. The number of fused-ring (bicyclic) bond motifs is 1. The first-order valence-electron chi connectivity index (χ1n) is 6.37. The van der Waals surface area contributed by atoms with E-state index >= 15 is 0 Å². The zero-order valence-electron chi connectivity index (χ0n) is 11.7. The van der Waals surface area contributed by atoms with E-state index < -0.39 is 0 Å². The second-order valence-electron chi connectivity index (χ2n) is 6.55. The molecule has 4 nitrogen and oxygen atoms in total. The fourth-order valence-corrected chi connectivity index (χ4v) is 2.11. The van der Waals surface area contributed by atoms with Crippen molar-refractivity contribution in [3.8, 4) is 0 Å². The predicted octanol–water partition coefficient (Wildman–Crippen LogP) is 1.23. The molecule has 4 heteroatoms. The smallest absolute Gasteiger partial charge is 0.174 e. The second kappa shape index (κ2) is 4.10. The van der Waals surface area contributed by atoms with Gasteiger partial charge in [-0.2, -0.15) is 0 Å². The van der Waals surface area contributed by atoms with Crippen LogP contribution in [0, 0.1) is 5.41 Å². The van der Waals surface area contributed by atoms with E-state index in [0.717, 1.165) is 36.5 Å². The largest absolute Gasteiger partial charge is 0.321 e. The number of rotatable bonds is 0. The number of piperazine rings is 1. The fourth-order valence-electron chi connectivity index (χ4n) is 2.11. The van der Waals surface area contributed by atoms with Gasteiger partial charge in [0, 0.05) is 18.2 Å². The van der Waals surface area contributed by atoms with Gasteiger partial charge in [0.15, 0.2) is 5.84 Å². The maximum atomic E-state index is 4.68. The molecule has 0 bridgehead atoms. The Morgan fingerprint density at radius 2 is 2.12 bits per heavy atom. The monoisotopic (exact) mass is 237 g/mol. The number of amidine groups is 1. The molecule has 2 aliphatic heterocycles. The van der Waals surface area contributed by atoms with Crippen LogP contribution in [0.4, 0.5) is 0 Å². The van der Waals surface area contributed by atoms with E-state index in [2.05, 4.69) is 56.5 Å². The molecule has 0 radical (unpaired) electrons. The molecule has 0 aromatic heterocycles. The van der Waals surface area contributed by atoms with Gasteiger partial charge in [-0.3, -0.25) is 5.01 Å². The molecule has 0 aromatic carbocycles. The van der Waals surface area contributed by atoms with Crippen LogP contribution in [0.1, 0.15) is 20.8 Å². The molecule has 1 saturated heterocycles. The molecule has 2 rings (SSSR count). The van der Waals surface area contributed by atoms with Crippen molar-refractivity contribution in [2.45, 2.75) is 20.8 Å². The third-order valence-electron chi connectivity index (χ3n) is 4.00. The lowest BCUT2D eigenvalue weighted by atomic mass is 9.85. The molecule has 2 aliphatic rings. The molecule has 96 valence electrons. The average molecular weight is 237 g/mol. The number of quaternary nitrogens is 1. The van der Waals surface area contributed by atoms with Crippen molar-refractivity contribution in [3.63, 3.8) is 0 Å². The lowest BCUT2D eigenvalue weighted by molar-refractivity contribution is -0.884. The van der Waals surface area contributed by atoms with E-state index in [-0.39, 0.29) is 5.41 Å². The van der Waals surface area contributed by atoms with Crippen molar-refractivity contribution >= 4 is 5.84 Å².